The standard InChI is InChI=1S/C14H10F2OS2/c15-9-2-1-3-10(16)8(9)6-11(17)13-7-14-12(19-13)4-5-18-14/h1-5,7,11,17H,6H2. The smallest absolute Gasteiger partial charge is 0.129 e. The lowest BCUT2D eigenvalue weighted by Crippen LogP contribution is -2.04. The summed E-state index contributed by atoms with van der Waals surface area (Å²) in [5.74, 6) is -1.23. The third-order valence-electron chi connectivity index (χ3n) is 2.95. The van der Waals surface area contributed by atoms with Crippen LogP contribution in [0.15, 0.2) is 35.7 Å². The van der Waals surface area contributed by atoms with E-state index in [1.54, 1.807) is 11.3 Å². The lowest BCUT2D eigenvalue weighted by atomic mass is 10.1. The average molecular weight is 296 g/mol. The molecule has 0 saturated heterocycles. The van der Waals surface area contributed by atoms with Crippen molar-refractivity contribution in [1.82, 2.24) is 0 Å². The summed E-state index contributed by atoms with van der Waals surface area (Å²) in [6.45, 7) is 0. The van der Waals surface area contributed by atoms with Gasteiger partial charge in [0.2, 0.25) is 0 Å². The number of hydrogen-bond acceptors (Lipinski definition) is 3. The Bertz CT molecular complexity index is 668. The van der Waals surface area contributed by atoms with Gasteiger partial charge >= 0.3 is 0 Å². The zero-order valence-corrected chi connectivity index (χ0v) is 11.4. The molecule has 98 valence electrons. The van der Waals surface area contributed by atoms with E-state index in [0.29, 0.717) is 0 Å². The molecule has 0 saturated carbocycles. The number of aliphatic hydroxyl groups is 1. The molecule has 0 radical (unpaired) electrons. The molecule has 0 spiro atoms. The fourth-order valence-electron chi connectivity index (χ4n) is 1.97. The highest BCUT2D eigenvalue weighted by Gasteiger charge is 2.17. The second-order valence-corrected chi connectivity index (χ2v) is 6.28. The monoisotopic (exact) mass is 296 g/mol. The van der Waals surface area contributed by atoms with Crippen LogP contribution in [0.4, 0.5) is 8.78 Å². The fourth-order valence-corrected chi connectivity index (χ4v) is 4.08. The van der Waals surface area contributed by atoms with Gasteiger partial charge in [0.15, 0.2) is 0 Å². The van der Waals surface area contributed by atoms with Gasteiger partial charge < -0.3 is 5.11 Å². The van der Waals surface area contributed by atoms with E-state index in [1.165, 1.54) is 29.5 Å². The Morgan fingerprint density at radius 1 is 1.11 bits per heavy atom. The van der Waals surface area contributed by atoms with Gasteiger partial charge in [-0.3, -0.25) is 0 Å². The van der Waals surface area contributed by atoms with Crippen molar-refractivity contribution in [2.24, 2.45) is 0 Å². The zero-order chi connectivity index (χ0) is 13.4. The van der Waals surface area contributed by atoms with Gasteiger partial charge in [0.25, 0.3) is 0 Å². The van der Waals surface area contributed by atoms with E-state index in [4.69, 9.17) is 0 Å². The van der Waals surface area contributed by atoms with E-state index >= 15 is 0 Å². The minimum absolute atomic E-state index is 0.0493. The van der Waals surface area contributed by atoms with Gasteiger partial charge in [-0.2, -0.15) is 0 Å². The summed E-state index contributed by atoms with van der Waals surface area (Å²) in [7, 11) is 0. The quantitative estimate of drug-likeness (QED) is 0.753. The summed E-state index contributed by atoms with van der Waals surface area (Å²) in [5.41, 5.74) is -0.0632. The Hall–Kier alpha value is -1.30. The molecular formula is C14H10F2OS2. The van der Waals surface area contributed by atoms with Crippen molar-refractivity contribution in [1.29, 1.82) is 0 Å². The van der Waals surface area contributed by atoms with Crippen LogP contribution < -0.4 is 0 Å². The summed E-state index contributed by atoms with van der Waals surface area (Å²) < 4.78 is 29.2. The van der Waals surface area contributed by atoms with Crippen molar-refractivity contribution >= 4 is 32.1 Å². The molecule has 5 heteroatoms. The molecule has 0 aliphatic carbocycles. The van der Waals surface area contributed by atoms with Crippen molar-refractivity contribution in [3.63, 3.8) is 0 Å². The third kappa shape index (κ3) is 2.41. The largest absolute Gasteiger partial charge is 0.387 e. The number of benzene rings is 1. The predicted octanol–water partition coefficient (Wildman–Crippen LogP) is 4.52. The lowest BCUT2D eigenvalue weighted by molar-refractivity contribution is 0.179. The Balaban J connectivity index is 1.88. The molecule has 2 aromatic heterocycles. The van der Waals surface area contributed by atoms with E-state index in [-0.39, 0.29) is 12.0 Å². The summed E-state index contributed by atoms with van der Waals surface area (Å²) in [5, 5.41) is 12.1. The van der Waals surface area contributed by atoms with Gasteiger partial charge in [-0.1, -0.05) is 6.07 Å². The average Bonchev–Trinajstić information content (AvgIpc) is 2.94. The van der Waals surface area contributed by atoms with Crippen LogP contribution in [-0.2, 0) is 6.42 Å². The zero-order valence-electron chi connectivity index (χ0n) is 9.77. The van der Waals surface area contributed by atoms with Crippen LogP contribution >= 0.6 is 22.7 Å². The van der Waals surface area contributed by atoms with Gasteiger partial charge in [-0.05, 0) is 29.6 Å². The van der Waals surface area contributed by atoms with Crippen LogP contribution in [0.2, 0.25) is 0 Å². The van der Waals surface area contributed by atoms with Gasteiger partial charge in [0.1, 0.15) is 11.6 Å². The van der Waals surface area contributed by atoms with E-state index in [9.17, 15) is 13.9 Å². The van der Waals surface area contributed by atoms with Gasteiger partial charge in [0.05, 0.1) is 6.10 Å². The predicted molar refractivity (Wildman–Crippen MR) is 74.7 cm³/mol. The van der Waals surface area contributed by atoms with Crippen molar-refractivity contribution in [2.45, 2.75) is 12.5 Å². The van der Waals surface area contributed by atoms with Crippen LogP contribution in [0.5, 0.6) is 0 Å². The maximum atomic E-state index is 13.5. The molecule has 1 N–H and O–H groups in total. The van der Waals surface area contributed by atoms with Crippen molar-refractivity contribution < 1.29 is 13.9 Å². The molecule has 1 aromatic carbocycles. The van der Waals surface area contributed by atoms with E-state index in [2.05, 4.69) is 0 Å². The normalized spacial score (nSPS) is 13.0. The Labute approximate surface area is 116 Å². The highest BCUT2D eigenvalue weighted by atomic mass is 32.1. The molecule has 1 nitrogen and oxygen atoms in total. The second-order valence-electron chi connectivity index (χ2n) is 4.22. The molecule has 0 bridgehead atoms. The van der Waals surface area contributed by atoms with Crippen LogP contribution in [0, 0.1) is 11.6 Å². The first-order valence-corrected chi connectivity index (χ1v) is 7.42. The number of aliphatic hydroxyl groups excluding tert-OH is 1. The first-order chi connectivity index (χ1) is 9.15. The van der Waals surface area contributed by atoms with Crippen LogP contribution in [0.25, 0.3) is 9.40 Å². The Kier molecular flexibility index (Phi) is 3.35. The van der Waals surface area contributed by atoms with E-state index < -0.39 is 17.7 Å². The SMILES string of the molecule is OC(Cc1c(F)cccc1F)c1cc2sccc2s1. The maximum absolute atomic E-state index is 13.5. The van der Waals surface area contributed by atoms with Crippen LogP contribution in [0.1, 0.15) is 16.5 Å². The minimum Gasteiger partial charge on any atom is -0.387 e. The summed E-state index contributed by atoms with van der Waals surface area (Å²) in [6, 6.07) is 7.59. The summed E-state index contributed by atoms with van der Waals surface area (Å²) in [4.78, 5) is 0.740. The Morgan fingerprint density at radius 2 is 1.84 bits per heavy atom. The summed E-state index contributed by atoms with van der Waals surface area (Å²) in [6.07, 6.45) is -0.928. The highest BCUT2D eigenvalue weighted by Crippen LogP contribution is 2.34. The van der Waals surface area contributed by atoms with Crippen molar-refractivity contribution in [2.75, 3.05) is 0 Å². The molecule has 2 heterocycles. The topological polar surface area (TPSA) is 20.2 Å². The van der Waals surface area contributed by atoms with Crippen molar-refractivity contribution in [3.8, 4) is 0 Å². The summed E-state index contributed by atoms with van der Waals surface area (Å²) >= 11 is 3.05. The first kappa shape index (κ1) is 12.7. The minimum atomic E-state index is -0.879. The first-order valence-electron chi connectivity index (χ1n) is 5.73. The van der Waals surface area contributed by atoms with Gasteiger partial charge in [0, 0.05) is 26.3 Å². The molecule has 1 unspecified atom stereocenters. The molecule has 0 aliphatic heterocycles. The lowest BCUT2D eigenvalue weighted by Gasteiger charge is -2.10. The number of rotatable bonds is 3. The van der Waals surface area contributed by atoms with Crippen molar-refractivity contribution in [3.05, 3.63) is 57.8 Å². The molecule has 3 rings (SSSR count). The molecule has 19 heavy (non-hydrogen) atoms. The van der Waals surface area contributed by atoms with E-state index in [0.717, 1.165) is 14.3 Å². The number of thiophene rings is 2. The second kappa shape index (κ2) is 5.00. The molecule has 3 aromatic rings. The molecule has 0 amide bonds. The number of halogens is 2. The molecule has 1 atom stereocenters. The van der Waals surface area contributed by atoms with Gasteiger partial charge in [-0.15, -0.1) is 22.7 Å². The van der Waals surface area contributed by atoms with E-state index in [1.807, 2.05) is 17.5 Å². The number of hydrogen-bond donors (Lipinski definition) is 1. The maximum Gasteiger partial charge on any atom is 0.129 e. The molecule has 0 fully saturated rings. The highest BCUT2D eigenvalue weighted by molar-refractivity contribution is 7.26. The Morgan fingerprint density at radius 3 is 2.53 bits per heavy atom. The van der Waals surface area contributed by atoms with Crippen LogP contribution in [-0.4, -0.2) is 5.11 Å². The molecular weight excluding hydrogens is 286 g/mol. The molecule has 0 aliphatic rings. The van der Waals surface area contributed by atoms with Crippen LogP contribution in [0.3, 0.4) is 0 Å². The van der Waals surface area contributed by atoms with Gasteiger partial charge in [-0.25, -0.2) is 8.78 Å². The number of fused-ring (bicyclic) bond motifs is 1. The fraction of sp³-hybridized carbons (Fsp3) is 0.143. The third-order valence-corrected chi connectivity index (χ3v) is 5.14.